The van der Waals surface area contributed by atoms with E-state index in [4.69, 9.17) is 0 Å². The lowest BCUT2D eigenvalue weighted by Gasteiger charge is -2.24. The molecule has 2 atom stereocenters. The van der Waals surface area contributed by atoms with Crippen LogP contribution in [-0.2, 0) is 6.42 Å². The zero-order chi connectivity index (χ0) is 13.1. The summed E-state index contributed by atoms with van der Waals surface area (Å²) in [6, 6.07) is 9.68. The van der Waals surface area contributed by atoms with E-state index in [1.165, 1.54) is 30.4 Å². The molecule has 0 spiro atoms. The van der Waals surface area contributed by atoms with Gasteiger partial charge in [0.2, 0.25) is 0 Å². The van der Waals surface area contributed by atoms with Gasteiger partial charge in [-0.05, 0) is 55.2 Å². The first-order valence-corrected chi connectivity index (χ1v) is 7.38. The van der Waals surface area contributed by atoms with Crippen LogP contribution in [0, 0.1) is 17.8 Å². The van der Waals surface area contributed by atoms with E-state index in [0.29, 0.717) is 6.04 Å². The second-order valence-electron chi connectivity index (χ2n) is 6.31. The fraction of sp³-hybridized carbons (Fsp3) is 0.647. The van der Waals surface area contributed by atoms with Gasteiger partial charge in [0.15, 0.2) is 0 Å². The van der Waals surface area contributed by atoms with Crippen LogP contribution >= 0.6 is 0 Å². The zero-order valence-corrected chi connectivity index (χ0v) is 12.2. The molecule has 0 aliphatic heterocycles. The molecule has 1 aromatic carbocycles. The summed E-state index contributed by atoms with van der Waals surface area (Å²) in [6.07, 6.45) is 4.03. The highest BCUT2D eigenvalue weighted by Crippen LogP contribution is 2.42. The molecule has 2 rings (SSSR count). The van der Waals surface area contributed by atoms with Gasteiger partial charge in [0.25, 0.3) is 0 Å². The SMILES string of the molecule is CNC(c1cccc(CC(C)C)c1)C(C)C1CC1. The van der Waals surface area contributed by atoms with Crippen molar-refractivity contribution >= 4 is 0 Å². The quantitative estimate of drug-likeness (QED) is 0.792. The first-order valence-electron chi connectivity index (χ1n) is 7.38. The summed E-state index contributed by atoms with van der Waals surface area (Å²) in [6.45, 7) is 6.97. The number of nitrogens with one attached hydrogen (secondary N) is 1. The fourth-order valence-electron chi connectivity index (χ4n) is 3.01. The maximum absolute atomic E-state index is 3.52. The molecule has 1 aliphatic carbocycles. The third-order valence-corrected chi connectivity index (χ3v) is 4.16. The minimum atomic E-state index is 0.518. The maximum atomic E-state index is 3.52. The summed E-state index contributed by atoms with van der Waals surface area (Å²) in [7, 11) is 2.10. The summed E-state index contributed by atoms with van der Waals surface area (Å²) in [5.41, 5.74) is 2.95. The molecule has 0 aromatic heterocycles. The van der Waals surface area contributed by atoms with Gasteiger partial charge in [-0.2, -0.15) is 0 Å². The van der Waals surface area contributed by atoms with Crippen LogP contribution in [0.2, 0.25) is 0 Å². The minimum absolute atomic E-state index is 0.518. The number of hydrogen-bond donors (Lipinski definition) is 1. The third-order valence-electron chi connectivity index (χ3n) is 4.16. The summed E-state index contributed by atoms with van der Waals surface area (Å²) in [5.74, 6) is 2.43. The molecule has 0 amide bonds. The largest absolute Gasteiger partial charge is 0.313 e. The molecule has 0 radical (unpaired) electrons. The van der Waals surface area contributed by atoms with Crippen LogP contribution in [0.5, 0.6) is 0 Å². The Hall–Kier alpha value is -0.820. The van der Waals surface area contributed by atoms with Crippen molar-refractivity contribution in [3.05, 3.63) is 35.4 Å². The monoisotopic (exact) mass is 245 g/mol. The standard InChI is InChI=1S/C17H27N/c1-12(2)10-14-6-5-7-16(11-14)17(18-4)13(3)15-8-9-15/h5-7,11-13,15,17-18H,8-10H2,1-4H3. The van der Waals surface area contributed by atoms with E-state index >= 15 is 0 Å². The van der Waals surface area contributed by atoms with Crippen LogP contribution in [-0.4, -0.2) is 7.05 Å². The Bertz CT molecular complexity index is 379. The molecule has 1 heteroatoms. The highest BCUT2D eigenvalue weighted by atomic mass is 14.9. The number of rotatable bonds is 6. The Kier molecular flexibility index (Phi) is 4.45. The number of hydrogen-bond acceptors (Lipinski definition) is 1. The van der Waals surface area contributed by atoms with E-state index in [2.05, 4.69) is 57.4 Å². The Balaban J connectivity index is 2.14. The molecule has 100 valence electrons. The van der Waals surface area contributed by atoms with Gasteiger partial charge in [0.05, 0.1) is 0 Å². The van der Waals surface area contributed by atoms with Gasteiger partial charge in [0.1, 0.15) is 0 Å². The average molecular weight is 245 g/mol. The van der Waals surface area contributed by atoms with E-state index in [9.17, 15) is 0 Å². The molecule has 1 saturated carbocycles. The molecule has 1 nitrogen and oxygen atoms in total. The molecule has 1 fully saturated rings. The van der Waals surface area contributed by atoms with Crippen LogP contribution in [0.4, 0.5) is 0 Å². The second kappa shape index (κ2) is 5.88. The predicted molar refractivity (Wildman–Crippen MR) is 78.7 cm³/mol. The van der Waals surface area contributed by atoms with Crippen LogP contribution in [0.3, 0.4) is 0 Å². The zero-order valence-electron chi connectivity index (χ0n) is 12.2. The molecular formula is C17H27N. The summed E-state index contributed by atoms with van der Waals surface area (Å²) in [5, 5.41) is 3.52. The van der Waals surface area contributed by atoms with Gasteiger partial charge < -0.3 is 5.32 Å². The lowest BCUT2D eigenvalue weighted by molar-refractivity contribution is 0.369. The smallest absolute Gasteiger partial charge is 0.0346 e. The highest BCUT2D eigenvalue weighted by Gasteiger charge is 2.33. The van der Waals surface area contributed by atoms with Gasteiger partial charge in [-0.1, -0.05) is 45.0 Å². The lowest BCUT2D eigenvalue weighted by atomic mass is 9.89. The van der Waals surface area contributed by atoms with Crippen LogP contribution in [0.25, 0.3) is 0 Å². The number of benzene rings is 1. The molecule has 0 saturated heterocycles. The Labute approximate surface area is 112 Å². The summed E-state index contributed by atoms with van der Waals surface area (Å²) >= 11 is 0. The topological polar surface area (TPSA) is 12.0 Å². The Morgan fingerprint density at radius 1 is 1.22 bits per heavy atom. The molecule has 0 heterocycles. The van der Waals surface area contributed by atoms with Gasteiger partial charge >= 0.3 is 0 Å². The first-order chi connectivity index (χ1) is 8.61. The van der Waals surface area contributed by atoms with Crippen molar-refractivity contribution in [3.63, 3.8) is 0 Å². The van der Waals surface area contributed by atoms with E-state index < -0.39 is 0 Å². The van der Waals surface area contributed by atoms with Crippen LogP contribution < -0.4 is 5.32 Å². The Morgan fingerprint density at radius 2 is 1.94 bits per heavy atom. The van der Waals surface area contributed by atoms with Crippen molar-refractivity contribution in [3.8, 4) is 0 Å². The van der Waals surface area contributed by atoms with Gasteiger partial charge in [-0.3, -0.25) is 0 Å². The first kappa shape index (κ1) is 13.6. The van der Waals surface area contributed by atoms with E-state index in [1.807, 2.05) is 0 Å². The highest BCUT2D eigenvalue weighted by molar-refractivity contribution is 5.27. The van der Waals surface area contributed by atoms with Crippen molar-refractivity contribution in [1.82, 2.24) is 5.32 Å². The molecular weight excluding hydrogens is 218 g/mol. The second-order valence-corrected chi connectivity index (χ2v) is 6.31. The maximum Gasteiger partial charge on any atom is 0.0346 e. The third kappa shape index (κ3) is 3.35. The van der Waals surface area contributed by atoms with E-state index in [0.717, 1.165) is 17.8 Å². The van der Waals surface area contributed by atoms with E-state index in [1.54, 1.807) is 0 Å². The van der Waals surface area contributed by atoms with Crippen molar-refractivity contribution in [2.75, 3.05) is 7.05 Å². The van der Waals surface area contributed by atoms with Crippen molar-refractivity contribution in [1.29, 1.82) is 0 Å². The minimum Gasteiger partial charge on any atom is -0.313 e. The molecule has 1 N–H and O–H groups in total. The molecule has 0 bridgehead atoms. The van der Waals surface area contributed by atoms with E-state index in [-0.39, 0.29) is 0 Å². The summed E-state index contributed by atoms with van der Waals surface area (Å²) in [4.78, 5) is 0. The summed E-state index contributed by atoms with van der Waals surface area (Å²) < 4.78 is 0. The molecule has 2 unspecified atom stereocenters. The van der Waals surface area contributed by atoms with Crippen molar-refractivity contribution < 1.29 is 0 Å². The van der Waals surface area contributed by atoms with Crippen LogP contribution in [0.15, 0.2) is 24.3 Å². The van der Waals surface area contributed by atoms with Gasteiger partial charge in [0, 0.05) is 6.04 Å². The van der Waals surface area contributed by atoms with Crippen LogP contribution in [0.1, 0.15) is 50.8 Å². The lowest BCUT2D eigenvalue weighted by Crippen LogP contribution is -2.24. The molecule has 1 aliphatic rings. The Morgan fingerprint density at radius 3 is 2.50 bits per heavy atom. The average Bonchev–Trinajstić information content (AvgIpc) is 3.13. The van der Waals surface area contributed by atoms with Crippen molar-refractivity contribution in [2.24, 2.45) is 17.8 Å². The van der Waals surface area contributed by atoms with Gasteiger partial charge in [-0.15, -0.1) is 0 Å². The fourth-order valence-corrected chi connectivity index (χ4v) is 3.01. The van der Waals surface area contributed by atoms with Gasteiger partial charge in [-0.25, -0.2) is 0 Å². The van der Waals surface area contributed by atoms with Crippen molar-refractivity contribution in [2.45, 2.75) is 46.1 Å². The molecule has 1 aromatic rings. The molecule has 18 heavy (non-hydrogen) atoms. The predicted octanol–water partition coefficient (Wildman–Crippen LogP) is 4.19. The normalized spacial score (nSPS) is 18.9.